The summed E-state index contributed by atoms with van der Waals surface area (Å²) in [4.78, 5) is 36.9. The molecule has 0 bridgehead atoms. The van der Waals surface area contributed by atoms with Crippen molar-refractivity contribution in [2.24, 2.45) is 5.92 Å². The zero-order valence-corrected chi connectivity index (χ0v) is 15.1. The van der Waals surface area contributed by atoms with Crippen molar-refractivity contribution in [1.29, 1.82) is 0 Å². The van der Waals surface area contributed by atoms with Crippen molar-refractivity contribution in [3.05, 3.63) is 28.2 Å². The van der Waals surface area contributed by atoms with Crippen LogP contribution in [-0.2, 0) is 14.3 Å². The van der Waals surface area contributed by atoms with Gasteiger partial charge in [0.05, 0.1) is 6.61 Å². The molecule has 1 aromatic rings. The molecule has 1 heterocycles. The van der Waals surface area contributed by atoms with Gasteiger partial charge in [-0.2, -0.15) is 0 Å². The molecule has 0 radical (unpaired) electrons. The van der Waals surface area contributed by atoms with Crippen LogP contribution in [0.5, 0.6) is 5.75 Å². The SMILES string of the molecule is CCOC(=O)c1cn(C(CC2CC2)C(=O)OC(C)(C)C)c(=O)cc1O. The molecule has 1 aromatic heterocycles. The molecule has 2 rings (SSSR count). The molecule has 0 spiro atoms. The lowest BCUT2D eigenvalue weighted by molar-refractivity contribution is -0.159. The summed E-state index contributed by atoms with van der Waals surface area (Å²) in [6.45, 7) is 7.03. The smallest absolute Gasteiger partial charge is 0.343 e. The Bertz CT molecular complexity index is 711. The van der Waals surface area contributed by atoms with Gasteiger partial charge < -0.3 is 19.1 Å². The van der Waals surface area contributed by atoms with Crippen LogP contribution < -0.4 is 5.56 Å². The van der Waals surface area contributed by atoms with Gasteiger partial charge in [-0.1, -0.05) is 12.8 Å². The van der Waals surface area contributed by atoms with Gasteiger partial charge in [-0.05, 0) is 40.0 Å². The highest BCUT2D eigenvalue weighted by Gasteiger charge is 2.34. The number of nitrogens with zero attached hydrogens (tertiary/aromatic N) is 1. The monoisotopic (exact) mass is 351 g/mol. The minimum absolute atomic E-state index is 0.134. The van der Waals surface area contributed by atoms with Crippen molar-refractivity contribution < 1.29 is 24.2 Å². The van der Waals surface area contributed by atoms with E-state index >= 15 is 0 Å². The highest BCUT2D eigenvalue weighted by Crippen LogP contribution is 2.37. The minimum Gasteiger partial charge on any atom is -0.507 e. The quantitative estimate of drug-likeness (QED) is 0.791. The van der Waals surface area contributed by atoms with E-state index in [9.17, 15) is 19.5 Å². The number of hydrogen-bond acceptors (Lipinski definition) is 6. The zero-order valence-electron chi connectivity index (χ0n) is 15.1. The van der Waals surface area contributed by atoms with Crippen molar-refractivity contribution in [3.8, 4) is 5.75 Å². The molecule has 138 valence electrons. The Hall–Kier alpha value is -2.31. The average Bonchev–Trinajstić information content (AvgIpc) is 3.27. The maximum atomic E-state index is 12.6. The molecule has 25 heavy (non-hydrogen) atoms. The third-order valence-electron chi connectivity index (χ3n) is 3.82. The maximum Gasteiger partial charge on any atom is 0.343 e. The second kappa shape index (κ2) is 7.29. The molecular formula is C18H25NO6. The van der Waals surface area contributed by atoms with Crippen LogP contribution in [-0.4, -0.2) is 33.8 Å². The number of rotatable bonds is 6. The van der Waals surface area contributed by atoms with E-state index in [1.807, 2.05) is 0 Å². The maximum absolute atomic E-state index is 12.6. The van der Waals surface area contributed by atoms with E-state index in [2.05, 4.69) is 0 Å². The fraction of sp³-hybridized carbons (Fsp3) is 0.611. The summed E-state index contributed by atoms with van der Waals surface area (Å²) in [5.41, 5.74) is -1.41. The largest absolute Gasteiger partial charge is 0.507 e. The van der Waals surface area contributed by atoms with Gasteiger partial charge in [-0.25, -0.2) is 9.59 Å². The fourth-order valence-corrected chi connectivity index (χ4v) is 2.51. The van der Waals surface area contributed by atoms with Gasteiger partial charge in [-0.3, -0.25) is 4.79 Å². The Kier molecular flexibility index (Phi) is 5.55. The third-order valence-corrected chi connectivity index (χ3v) is 3.82. The van der Waals surface area contributed by atoms with E-state index in [1.54, 1.807) is 27.7 Å². The zero-order chi connectivity index (χ0) is 18.8. The molecule has 1 saturated carbocycles. The first-order chi connectivity index (χ1) is 11.6. The molecule has 1 aliphatic rings. The number of carbonyl (C=O) groups is 2. The van der Waals surface area contributed by atoms with Crippen LogP contribution in [0, 0.1) is 5.92 Å². The van der Waals surface area contributed by atoms with Crippen molar-refractivity contribution in [2.45, 2.75) is 58.6 Å². The Morgan fingerprint density at radius 2 is 2.00 bits per heavy atom. The molecule has 0 saturated heterocycles. The van der Waals surface area contributed by atoms with Gasteiger partial charge in [0.15, 0.2) is 0 Å². The van der Waals surface area contributed by atoms with Crippen LogP contribution >= 0.6 is 0 Å². The highest BCUT2D eigenvalue weighted by atomic mass is 16.6. The highest BCUT2D eigenvalue weighted by molar-refractivity contribution is 5.92. The Labute approximate surface area is 146 Å². The average molecular weight is 351 g/mol. The minimum atomic E-state index is -0.840. The number of pyridine rings is 1. The van der Waals surface area contributed by atoms with Crippen molar-refractivity contribution in [1.82, 2.24) is 4.57 Å². The topological polar surface area (TPSA) is 94.8 Å². The molecule has 1 fully saturated rings. The van der Waals surface area contributed by atoms with Crippen molar-refractivity contribution in [2.75, 3.05) is 6.61 Å². The molecule has 1 aliphatic carbocycles. The van der Waals surface area contributed by atoms with Crippen molar-refractivity contribution in [3.63, 3.8) is 0 Å². The van der Waals surface area contributed by atoms with Gasteiger partial charge in [0.2, 0.25) is 0 Å². The van der Waals surface area contributed by atoms with E-state index in [-0.39, 0.29) is 12.2 Å². The molecule has 1 atom stereocenters. The lowest BCUT2D eigenvalue weighted by Crippen LogP contribution is -2.35. The van der Waals surface area contributed by atoms with Crippen LogP contribution in [0.1, 0.15) is 63.4 Å². The first-order valence-corrected chi connectivity index (χ1v) is 8.47. The Morgan fingerprint density at radius 1 is 1.36 bits per heavy atom. The van der Waals surface area contributed by atoms with Crippen LogP contribution in [0.25, 0.3) is 0 Å². The molecular weight excluding hydrogens is 326 g/mol. The van der Waals surface area contributed by atoms with Gasteiger partial charge in [0, 0.05) is 12.3 Å². The number of aromatic hydroxyl groups is 1. The van der Waals surface area contributed by atoms with E-state index < -0.39 is 34.9 Å². The predicted molar refractivity (Wildman–Crippen MR) is 90.5 cm³/mol. The number of esters is 2. The molecule has 1 N–H and O–H groups in total. The summed E-state index contributed by atoms with van der Waals surface area (Å²) in [6.07, 6.45) is 3.64. The van der Waals surface area contributed by atoms with E-state index in [4.69, 9.17) is 9.47 Å². The molecule has 0 aliphatic heterocycles. The van der Waals surface area contributed by atoms with Gasteiger partial charge in [-0.15, -0.1) is 0 Å². The van der Waals surface area contributed by atoms with Crippen LogP contribution in [0.2, 0.25) is 0 Å². The summed E-state index contributed by atoms with van der Waals surface area (Å²) < 4.78 is 11.5. The molecule has 1 unspecified atom stereocenters. The van der Waals surface area contributed by atoms with Crippen LogP contribution in [0.4, 0.5) is 0 Å². The van der Waals surface area contributed by atoms with E-state index in [0.717, 1.165) is 18.9 Å². The second-order valence-corrected chi connectivity index (χ2v) is 7.27. The van der Waals surface area contributed by atoms with Crippen molar-refractivity contribution >= 4 is 11.9 Å². The Morgan fingerprint density at radius 3 is 2.52 bits per heavy atom. The second-order valence-electron chi connectivity index (χ2n) is 7.27. The summed E-state index contributed by atoms with van der Waals surface area (Å²) in [5.74, 6) is -1.39. The molecule has 0 amide bonds. The number of hydrogen-bond donors (Lipinski definition) is 1. The van der Waals surface area contributed by atoms with Gasteiger partial charge in [0.1, 0.15) is 23.0 Å². The number of carbonyl (C=O) groups excluding carboxylic acids is 2. The lowest BCUT2D eigenvalue weighted by atomic mass is 10.1. The van der Waals surface area contributed by atoms with E-state index in [1.165, 1.54) is 10.8 Å². The molecule has 0 aromatic carbocycles. The first kappa shape index (κ1) is 19.0. The third kappa shape index (κ3) is 5.08. The first-order valence-electron chi connectivity index (χ1n) is 8.47. The number of ether oxygens (including phenoxy) is 2. The lowest BCUT2D eigenvalue weighted by Gasteiger charge is -2.25. The van der Waals surface area contributed by atoms with Gasteiger partial charge >= 0.3 is 11.9 Å². The summed E-state index contributed by atoms with van der Waals surface area (Å²) in [6, 6.07) is 0.0873. The van der Waals surface area contributed by atoms with Crippen LogP contribution in [0.3, 0.4) is 0 Å². The van der Waals surface area contributed by atoms with Gasteiger partial charge in [0.25, 0.3) is 5.56 Å². The number of aromatic nitrogens is 1. The summed E-state index contributed by atoms with van der Waals surface area (Å²) in [7, 11) is 0. The normalized spacial score (nSPS) is 15.5. The molecule has 7 heteroatoms. The fourth-order valence-electron chi connectivity index (χ4n) is 2.51. The molecule has 7 nitrogen and oxygen atoms in total. The standard InChI is InChI=1S/C18H25NO6/c1-5-24-16(22)12-10-19(15(21)9-14(12)20)13(8-11-6-7-11)17(23)25-18(2,3)4/h9-11,13,20H,5-8H2,1-4H3. The summed E-state index contributed by atoms with van der Waals surface area (Å²) in [5, 5.41) is 9.88. The Balaban J connectivity index is 2.41. The predicted octanol–water partition coefficient (Wildman–Crippen LogP) is 2.41. The van der Waals surface area contributed by atoms with E-state index in [0.29, 0.717) is 12.3 Å². The van der Waals surface area contributed by atoms with Crippen LogP contribution in [0.15, 0.2) is 17.1 Å². The summed E-state index contributed by atoms with van der Waals surface area (Å²) >= 11 is 0.